The molecular weight excluding hydrogens is 263 g/mol. The van der Waals surface area contributed by atoms with E-state index in [-0.39, 0.29) is 35.1 Å². The molecule has 0 N–H and O–H groups in total. The van der Waals surface area contributed by atoms with Gasteiger partial charge in [0.2, 0.25) is 0 Å². The first kappa shape index (κ1) is 15.0. The quantitative estimate of drug-likeness (QED) is 0.524. The normalized spacial score (nSPS) is 10.8. The molecule has 20 heavy (non-hydrogen) atoms. The van der Waals surface area contributed by atoms with Crippen molar-refractivity contribution in [3.8, 4) is 0 Å². The van der Waals surface area contributed by atoms with Gasteiger partial charge in [-0.25, -0.2) is 4.98 Å². The van der Waals surface area contributed by atoms with Crippen LogP contribution in [0.5, 0.6) is 0 Å². The Kier molecular flexibility index (Phi) is 3.91. The molecule has 0 unspecified atom stereocenters. The number of fused-ring (bicyclic) bond motifs is 3. The third kappa shape index (κ3) is 1.95. The Morgan fingerprint density at radius 2 is 1.80 bits per heavy atom. The number of pyridine rings is 1. The fourth-order valence-electron chi connectivity index (χ4n) is 2.57. The Morgan fingerprint density at radius 1 is 1.15 bits per heavy atom. The van der Waals surface area contributed by atoms with E-state index in [4.69, 9.17) is 0 Å². The molecule has 0 aliphatic heterocycles. The topological polar surface area (TPSA) is 57.4 Å². The van der Waals surface area contributed by atoms with Crippen LogP contribution in [0.25, 0.3) is 16.7 Å². The molecule has 0 aliphatic rings. The smallest absolute Gasteiger partial charge is 0.545 e. The van der Waals surface area contributed by atoms with E-state index in [0.717, 1.165) is 27.9 Å². The Bertz CT molecular complexity index is 837. The first-order valence-corrected chi connectivity index (χ1v) is 6.10. The average molecular weight is 276 g/mol. The number of benzene rings is 1. The molecule has 5 heteroatoms. The van der Waals surface area contributed by atoms with Crippen molar-refractivity contribution < 1.29 is 39.5 Å². The van der Waals surface area contributed by atoms with Crippen LogP contribution in [-0.2, 0) is 0 Å². The van der Waals surface area contributed by atoms with Gasteiger partial charge in [0.15, 0.2) is 0 Å². The molecular formula is C15H13N2NaO2. The summed E-state index contributed by atoms with van der Waals surface area (Å²) in [5.74, 6) is -1.18. The van der Waals surface area contributed by atoms with Crippen molar-refractivity contribution >= 4 is 22.6 Å². The third-order valence-corrected chi connectivity index (χ3v) is 3.80. The van der Waals surface area contributed by atoms with E-state index < -0.39 is 5.97 Å². The van der Waals surface area contributed by atoms with Gasteiger partial charge in [-0.05, 0) is 44.0 Å². The van der Waals surface area contributed by atoms with Gasteiger partial charge in [0, 0.05) is 11.3 Å². The van der Waals surface area contributed by atoms with E-state index in [2.05, 4.69) is 4.98 Å². The number of rotatable bonds is 1. The van der Waals surface area contributed by atoms with Crippen molar-refractivity contribution in [2.45, 2.75) is 20.8 Å². The van der Waals surface area contributed by atoms with Crippen LogP contribution in [0, 0.1) is 20.8 Å². The summed E-state index contributed by atoms with van der Waals surface area (Å²) in [5, 5.41) is 11.4. The zero-order valence-electron chi connectivity index (χ0n) is 12.0. The molecule has 3 rings (SSSR count). The number of carboxylic acid groups (broad SMARTS) is 1. The Balaban J connectivity index is 0.00000147. The Labute approximate surface area is 138 Å². The second-order valence-electron chi connectivity index (χ2n) is 4.76. The minimum absolute atomic E-state index is 0. The molecule has 0 saturated carbocycles. The summed E-state index contributed by atoms with van der Waals surface area (Å²) in [4.78, 5) is 15.9. The van der Waals surface area contributed by atoms with Gasteiger partial charge in [0.25, 0.3) is 0 Å². The predicted molar refractivity (Wildman–Crippen MR) is 71.2 cm³/mol. The molecule has 0 spiro atoms. The van der Waals surface area contributed by atoms with Crippen molar-refractivity contribution in [3.63, 3.8) is 0 Å². The maximum absolute atomic E-state index is 11.4. The van der Waals surface area contributed by atoms with Crippen LogP contribution in [0.15, 0.2) is 24.3 Å². The van der Waals surface area contributed by atoms with Crippen LogP contribution in [0.1, 0.15) is 27.2 Å². The molecule has 2 heterocycles. The van der Waals surface area contributed by atoms with Gasteiger partial charge in [-0.15, -0.1) is 0 Å². The van der Waals surface area contributed by atoms with Crippen LogP contribution < -0.4 is 34.7 Å². The van der Waals surface area contributed by atoms with Crippen molar-refractivity contribution in [2.75, 3.05) is 0 Å². The van der Waals surface area contributed by atoms with Gasteiger partial charge in [0.1, 0.15) is 5.65 Å². The third-order valence-electron chi connectivity index (χ3n) is 3.80. The van der Waals surface area contributed by atoms with Crippen LogP contribution >= 0.6 is 0 Å². The summed E-state index contributed by atoms with van der Waals surface area (Å²) in [6.45, 7) is 5.70. The molecule has 0 amide bonds. The number of carboxylic acids is 1. The van der Waals surface area contributed by atoms with Crippen LogP contribution in [0.4, 0.5) is 0 Å². The molecule has 96 valence electrons. The zero-order valence-corrected chi connectivity index (χ0v) is 14.0. The number of nitrogens with zero attached hydrogens (tertiary/aromatic N) is 2. The fraction of sp³-hybridized carbons (Fsp3) is 0.200. The van der Waals surface area contributed by atoms with E-state index in [1.54, 1.807) is 6.92 Å². The number of aromatic carboxylic acids is 1. The molecule has 0 aliphatic carbocycles. The Morgan fingerprint density at radius 3 is 2.45 bits per heavy atom. The van der Waals surface area contributed by atoms with Gasteiger partial charge < -0.3 is 9.90 Å². The molecule has 0 saturated heterocycles. The standard InChI is InChI=1S/C15H14N2O2.Na/c1-8-9(2)13(15(18)19)14-16-11-6-4-5-7-12(11)17(14)10(8)3;/h4-7H,1-3H3,(H,18,19);/q;+1/p-1. The SMILES string of the molecule is Cc1c(C)c(C)n2c(nc3ccccc32)c1C(=O)[O-].[Na+]. The zero-order chi connectivity index (χ0) is 13.7. The molecule has 3 aromatic rings. The fourth-order valence-corrected chi connectivity index (χ4v) is 2.57. The number of imidazole rings is 1. The molecule has 2 aromatic heterocycles. The van der Waals surface area contributed by atoms with Gasteiger partial charge in [-0.3, -0.25) is 4.40 Å². The van der Waals surface area contributed by atoms with E-state index in [0.29, 0.717) is 5.65 Å². The van der Waals surface area contributed by atoms with E-state index in [9.17, 15) is 9.90 Å². The first-order chi connectivity index (χ1) is 9.02. The molecule has 4 nitrogen and oxygen atoms in total. The van der Waals surface area contributed by atoms with E-state index in [1.165, 1.54) is 0 Å². The number of hydrogen-bond donors (Lipinski definition) is 0. The number of carbonyl (C=O) groups is 1. The Hall–Kier alpha value is -1.36. The van der Waals surface area contributed by atoms with E-state index >= 15 is 0 Å². The summed E-state index contributed by atoms with van der Waals surface area (Å²) in [5.41, 5.74) is 5.03. The summed E-state index contributed by atoms with van der Waals surface area (Å²) in [6, 6.07) is 7.63. The number of carbonyl (C=O) groups excluding carboxylic acids is 1. The molecule has 0 atom stereocenters. The van der Waals surface area contributed by atoms with Crippen LogP contribution in [0.2, 0.25) is 0 Å². The second-order valence-corrected chi connectivity index (χ2v) is 4.76. The van der Waals surface area contributed by atoms with Crippen LogP contribution in [0.3, 0.4) is 0 Å². The molecule has 0 fully saturated rings. The summed E-state index contributed by atoms with van der Waals surface area (Å²) in [6.07, 6.45) is 0. The number of aromatic nitrogens is 2. The van der Waals surface area contributed by atoms with Crippen molar-refractivity contribution in [1.29, 1.82) is 0 Å². The maximum Gasteiger partial charge on any atom is 1.00 e. The van der Waals surface area contributed by atoms with Crippen molar-refractivity contribution in [2.24, 2.45) is 0 Å². The summed E-state index contributed by atoms with van der Waals surface area (Å²) < 4.78 is 1.89. The van der Waals surface area contributed by atoms with Gasteiger partial charge in [-0.1, -0.05) is 12.1 Å². The molecule has 0 radical (unpaired) electrons. The van der Waals surface area contributed by atoms with Gasteiger partial charge in [0.05, 0.1) is 17.0 Å². The molecule has 0 bridgehead atoms. The number of hydrogen-bond acceptors (Lipinski definition) is 3. The van der Waals surface area contributed by atoms with Gasteiger partial charge >= 0.3 is 29.6 Å². The summed E-state index contributed by atoms with van der Waals surface area (Å²) >= 11 is 0. The number of para-hydroxylation sites is 2. The van der Waals surface area contributed by atoms with Gasteiger partial charge in [-0.2, -0.15) is 0 Å². The largest absolute Gasteiger partial charge is 1.00 e. The van der Waals surface area contributed by atoms with Crippen molar-refractivity contribution in [3.05, 3.63) is 46.6 Å². The monoisotopic (exact) mass is 276 g/mol. The van der Waals surface area contributed by atoms with Crippen LogP contribution in [-0.4, -0.2) is 15.4 Å². The second kappa shape index (κ2) is 5.20. The predicted octanol–water partition coefficient (Wildman–Crippen LogP) is -1.22. The van der Waals surface area contributed by atoms with E-state index in [1.807, 2.05) is 42.5 Å². The summed E-state index contributed by atoms with van der Waals surface area (Å²) in [7, 11) is 0. The first-order valence-electron chi connectivity index (χ1n) is 6.10. The maximum atomic E-state index is 11.4. The minimum atomic E-state index is -1.18. The average Bonchev–Trinajstić information content (AvgIpc) is 2.74. The molecule has 1 aromatic carbocycles. The minimum Gasteiger partial charge on any atom is -0.545 e. The number of aryl methyl sites for hydroxylation is 1. The van der Waals surface area contributed by atoms with Crippen molar-refractivity contribution in [1.82, 2.24) is 9.38 Å².